The number of nitrogens with one attached hydrogen (secondary N) is 1. The van der Waals surface area contributed by atoms with Gasteiger partial charge in [-0.15, -0.1) is 0 Å². The van der Waals surface area contributed by atoms with Gasteiger partial charge in [-0.3, -0.25) is 0 Å². The smallest absolute Gasteiger partial charge is 0.126 e. The fourth-order valence-electron chi connectivity index (χ4n) is 2.36. The molecule has 0 heterocycles. The minimum Gasteiger partial charge on any atom is -0.507 e. The van der Waals surface area contributed by atoms with Crippen LogP contribution in [-0.2, 0) is 0 Å². The molecule has 0 aliphatic carbocycles. The molecule has 4 heteroatoms. The number of hydrogen-bond acceptors (Lipinski definition) is 3. The maximum Gasteiger partial charge on any atom is 0.126 e. The molecule has 2 nitrogen and oxygen atoms in total. The summed E-state index contributed by atoms with van der Waals surface area (Å²) in [4.78, 5) is 1.12. The second kappa shape index (κ2) is 6.11. The first-order valence-corrected chi connectivity index (χ1v) is 8.16. The Labute approximate surface area is 139 Å². The third-order valence-corrected chi connectivity index (χ3v) is 4.70. The van der Waals surface area contributed by atoms with Crippen LogP contribution in [0.15, 0.2) is 53.4 Å². The average molecular weight is 330 g/mol. The van der Waals surface area contributed by atoms with Crippen molar-refractivity contribution in [1.29, 1.82) is 0 Å². The molecule has 0 aromatic heterocycles. The molecule has 0 atom stereocenters. The molecule has 3 aromatic rings. The highest BCUT2D eigenvalue weighted by Crippen LogP contribution is 2.39. The number of fused-ring (bicyclic) bond motifs is 1. The first-order chi connectivity index (χ1) is 10.6. The van der Waals surface area contributed by atoms with Gasteiger partial charge < -0.3 is 9.83 Å². The molecule has 3 aromatic carbocycles. The van der Waals surface area contributed by atoms with E-state index in [0.29, 0.717) is 5.02 Å². The first-order valence-electron chi connectivity index (χ1n) is 6.96. The SMILES string of the molecule is Cc1ccc(SNc2cccc3c(O)c(C)cc(Cl)c23)cc1. The molecule has 2 N–H and O–H groups in total. The van der Waals surface area contributed by atoms with Gasteiger partial charge in [0.25, 0.3) is 0 Å². The molecule has 22 heavy (non-hydrogen) atoms. The monoisotopic (exact) mass is 329 g/mol. The first kappa shape index (κ1) is 15.1. The van der Waals surface area contributed by atoms with Crippen LogP contribution in [0, 0.1) is 13.8 Å². The minimum atomic E-state index is 0.281. The lowest BCUT2D eigenvalue weighted by atomic mass is 10.0. The van der Waals surface area contributed by atoms with Crippen LogP contribution in [0.4, 0.5) is 5.69 Å². The van der Waals surface area contributed by atoms with Crippen molar-refractivity contribution in [2.45, 2.75) is 18.7 Å². The normalized spacial score (nSPS) is 10.9. The van der Waals surface area contributed by atoms with E-state index >= 15 is 0 Å². The summed E-state index contributed by atoms with van der Waals surface area (Å²) < 4.78 is 3.33. The van der Waals surface area contributed by atoms with E-state index in [2.05, 4.69) is 35.9 Å². The third-order valence-electron chi connectivity index (χ3n) is 3.57. The van der Waals surface area contributed by atoms with Crippen molar-refractivity contribution < 1.29 is 5.11 Å². The van der Waals surface area contributed by atoms with Gasteiger partial charge in [0.2, 0.25) is 0 Å². The molecule has 0 amide bonds. The fraction of sp³-hybridized carbons (Fsp3) is 0.111. The largest absolute Gasteiger partial charge is 0.507 e. The van der Waals surface area contributed by atoms with Crippen molar-refractivity contribution in [1.82, 2.24) is 0 Å². The van der Waals surface area contributed by atoms with Crippen LogP contribution in [-0.4, -0.2) is 5.11 Å². The Hall–Kier alpha value is -1.84. The summed E-state index contributed by atoms with van der Waals surface area (Å²) in [6.45, 7) is 3.92. The lowest BCUT2D eigenvalue weighted by Crippen LogP contribution is -1.90. The Morgan fingerprint density at radius 1 is 1.05 bits per heavy atom. The zero-order chi connectivity index (χ0) is 15.7. The zero-order valence-electron chi connectivity index (χ0n) is 12.4. The van der Waals surface area contributed by atoms with Crippen molar-refractivity contribution in [3.8, 4) is 5.75 Å². The lowest BCUT2D eigenvalue weighted by Gasteiger charge is -2.13. The van der Waals surface area contributed by atoms with Gasteiger partial charge in [0.05, 0.1) is 10.7 Å². The van der Waals surface area contributed by atoms with Crippen LogP contribution in [0.25, 0.3) is 10.8 Å². The molecular formula is C18H16ClNOS. The summed E-state index contributed by atoms with van der Waals surface area (Å²) in [6.07, 6.45) is 0. The molecule has 0 aliphatic heterocycles. The predicted octanol–water partition coefficient (Wildman–Crippen LogP) is 5.93. The summed E-state index contributed by atoms with van der Waals surface area (Å²) in [6, 6.07) is 15.8. The number of halogens is 1. The van der Waals surface area contributed by atoms with Crippen LogP contribution in [0.2, 0.25) is 5.02 Å². The van der Waals surface area contributed by atoms with E-state index < -0.39 is 0 Å². The predicted molar refractivity (Wildman–Crippen MR) is 96.0 cm³/mol. The highest BCUT2D eigenvalue weighted by Gasteiger charge is 2.11. The Balaban J connectivity index is 1.97. The molecule has 0 bridgehead atoms. The van der Waals surface area contributed by atoms with Gasteiger partial charge in [-0.25, -0.2) is 0 Å². The molecule has 0 aliphatic rings. The Morgan fingerprint density at radius 3 is 2.50 bits per heavy atom. The van der Waals surface area contributed by atoms with E-state index in [4.69, 9.17) is 11.6 Å². The molecule has 0 unspecified atom stereocenters. The Bertz CT molecular complexity index is 831. The fourth-order valence-corrected chi connectivity index (χ4v) is 3.39. The van der Waals surface area contributed by atoms with Crippen LogP contribution < -0.4 is 4.72 Å². The number of anilines is 1. The number of aromatic hydroxyl groups is 1. The highest BCUT2D eigenvalue weighted by atomic mass is 35.5. The quantitative estimate of drug-likeness (QED) is 0.584. The van der Waals surface area contributed by atoms with Crippen molar-refractivity contribution in [2.75, 3.05) is 4.72 Å². The summed E-state index contributed by atoms with van der Waals surface area (Å²) in [5, 5.41) is 12.5. The summed E-state index contributed by atoms with van der Waals surface area (Å²) in [5.41, 5.74) is 2.90. The van der Waals surface area contributed by atoms with Crippen molar-refractivity contribution in [3.05, 3.63) is 64.7 Å². The van der Waals surface area contributed by atoms with Crippen LogP contribution in [0.5, 0.6) is 5.75 Å². The van der Waals surface area contributed by atoms with E-state index in [1.807, 2.05) is 25.1 Å². The van der Waals surface area contributed by atoms with Gasteiger partial charge in [-0.05, 0) is 55.6 Å². The molecule has 3 rings (SSSR count). The van der Waals surface area contributed by atoms with E-state index in [9.17, 15) is 5.11 Å². The Kier molecular flexibility index (Phi) is 4.19. The van der Waals surface area contributed by atoms with Gasteiger partial charge in [0, 0.05) is 15.7 Å². The minimum absolute atomic E-state index is 0.281. The maximum absolute atomic E-state index is 10.2. The van der Waals surface area contributed by atoms with E-state index in [0.717, 1.165) is 26.9 Å². The van der Waals surface area contributed by atoms with Gasteiger partial charge in [0.1, 0.15) is 5.75 Å². The average Bonchev–Trinajstić information content (AvgIpc) is 2.52. The maximum atomic E-state index is 10.2. The molecular weight excluding hydrogens is 314 g/mol. The number of phenols is 1. The van der Waals surface area contributed by atoms with Crippen molar-refractivity contribution in [2.24, 2.45) is 0 Å². The highest BCUT2D eigenvalue weighted by molar-refractivity contribution is 8.00. The van der Waals surface area contributed by atoms with Crippen molar-refractivity contribution in [3.63, 3.8) is 0 Å². The van der Waals surface area contributed by atoms with Crippen molar-refractivity contribution >= 4 is 40.0 Å². The number of hydrogen-bond donors (Lipinski definition) is 2. The Morgan fingerprint density at radius 2 is 1.77 bits per heavy atom. The second-order valence-corrected chi connectivity index (χ2v) is 6.56. The van der Waals surface area contributed by atoms with Gasteiger partial charge in [-0.1, -0.05) is 41.4 Å². The van der Waals surface area contributed by atoms with Gasteiger partial charge in [0.15, 0.2) is 0 Å². The number of rotatable bonds is 3. The number of benzene rings is 3. The van der Waals surface area contributed by atoms with E-state index in [1.165, 1.54) is 17.5 Å². The molecule has 0 radical (unpaired) electrons. The van der Waals surface area contributed by atoms with Gasteiger partial charge in [-0.2, -0.15) is 0 Å². The van der Waals surface area contributed by atoms with E-state index in [-0.39, 0.29) is 5.75 Å². The zero-order valence-corrected chi connectivity index (χ0v) is 13.9. The van der Waals surface area contributed by atoms with Crippen LogP contribution in [0.1, 0.15) is 11.1 Å². The second-order valence-electron chi connectivity index (χ2n) is 5.27. The lowest BCUT2D eigenvalue weighted by molar-refractivity contribution is 0.477. The summed E-state index contributed by atoms with van der Waals surface area (Å²) in [5.74, 6) is 0.281. The standard InChI is InChI=1S/C18H16ClNOS/c1-11-6-8-13(9-7-11)22-20-16-5-3-4-14-17(16)15(19)10-12(2)18(14)21/h3-10,20-21H,1-2H3. The molecule has 0 saturated carbocycles. The molecule has 112 valence electrons. The van der Waals surface area contributed by atoms with Gasteiger partial charge >= 0.3 is 0 Å². The number of aryl methyl sites for hydroxylation is 2. The van der Waals surface area contributed by atoms with Crippen LogP contribution >= 0.6 is 23.5 Å². The molecule has 0 spiro atoms. The van der Waals surface area contributed by atoms with Crippen LogP contribution in [0.3, 0.4) is 0 Å². The molecule has 0 fully saturated rings. The molecule has 0 saturated heterocycles. The van der Waals surface area contributed by atoms with E-state index in [1.54, 1.807) is 6.07 Å². The third kappa shape index (κ3) is 2.87. The summed E-state index contributed by atoms with van der Waals surface area (Å²) in [7, 11) is 0. The topological polar surface area (TPSA) is 32.3 Å². The number of phenolic OH excluding ortho intramolecular Hbond substituents is 1. The summed E-state index contributed by atoms with van der Waals surface area (Å²) >= 11 is 7.91.